The number of nitrogens with two attached hydrogens (primary N) is 1. The third-order valence-electron chi connectivity index (χ3n) is 3.43. The largest absolute Gasteiger partial charge is 0.344 e. The Morgan fingerprint density at radius 1 is 1.38 bits per heavy atom. The van der Waals surface area contributed by atoms with Crippen LogP contribution in [0, 0.1) is 6.92 Å². The third-order valence-corrected chi connectivity index (χ3v) is 3.43. The fourth-order valence-corrected chi connectivity index (χ4v) is 2.44. The Labute approximate surface area is 96.1 Å². The molecule has 16 heavy (non-hydrogen) atoms. The Morgan fingerprint density at radius 2 is 2.19 bits per heavy atom. The first-order chi connectivity index (χ1) is 7.79. The number of aromatic nitrogens is 1. The van der Waals surface area contributed by atoms with Crippen LogP contribution in [0.2, 0.25) is 0 Å². The maximum Gasteiger partial charge on any atom is 0.0488 e. The Balaban J connectivity index is 2.20. The molecule has 1 aliphatic carbocycles. The molecule has 2 aromatic rings. The molecule has 1 saturated carbocycles. The molecule has 0 atom stereocenters. The van der Waals surface area contributed by atoms with E-state index in [1.165, 1.54) is 34.9 Å². The first-order valence-corrected chi connectivity index (χ1v) is 6.10. The van der Waals surface area contributed by atoms with Crippen LogP contribution < -0.4 is 5.73 Å². The number of benzene rings is 1. The fraction of sp³-hybridized carbons (Fsp3) is 0.429. The molecule has 0 spiro atoms. The lowest BCUT2D eigenvalue weighted by molar-refractivity contribution is 0.769. The average molecular weight is 214 g/mol. The Bertz CT molecular complexity index is 521. The van der Waals surface area contributed by atoms with Crippen molar-refractivity contribution in [3.63, 3.8) is 0 Å². The number of fused-ring (bicyclic) bond motifs is 1. The topological polar surface area (TPSA) is 30.9 Å². The predicted molar refractivity (Wildman–Crippen MR) is 67.7 cm³/mol. The second-order valence-corrected chi connectivity index (χ2v) is 4.85. The van der Waals surface area contributed by atoms with E-state index in [0.717, 1.165) is 19.0 Å². The van der Waals surface area contributed by atoms with Gasteiger partial charge in [0.1, 0.15) is 0 Å². The molecule has 84 valence electrons. The van der Waals surface area contributed by atoms with Crippen molar-refractivity contribution in [1.29, 1.82) is 0 Å². The van der Waals surface area contributed by atoms with Gasteiger partial charge in [0.05, 0.1) is 0 Å². The van der Waals surface area contributed by atoms with Gasteiger partial charge in [-0.2, -0.15) is 0 Å². The van der Waals surface area contributed by atoms with Crippen molar-refractivity contribution < 1.29 is 0 Å². The van der Waals surface area contributed by atoms with E-state index in [-0.39, 0.29) is 0 Å². The summed E-state index contributed by atoms with van der Waals surface area (Å²) in [4.78, 5) is 0. The summed E-state index contributed by atoms with van der Waals surface area (Å²) in [6, 6.07) is 7.48. The van der Waals surface area contributed by atoms with E-state index >= 15 is 0 Å². The molecule has 2 nitrogen and oxygen atoms in total. The average Bonchev–Trinajstić information content (AvgIpc) is 3.04. The molecule has 0 saturated heterocycles. The van der Waals surface area contributed by atoms with Crippen molar-refractivity contribution in [2.75, 3.05) is 6.54 Å². The fourth-order valence-electron chi connectivity index (χ4n) is 2.44. The summed E-state index contributed by atoms with van der Waals surface area (Å²) in [5.74, 6) is 0. The van der Waals surface area contributed by atoms with Crippen LogP contribution in [0.5, 0.6) is 0 Å². The molecule has 2 N–H and O–H groups in total. The molecule has 0 bridgehead atoms. The molecule has 1 fully saturated rings. The zero-order valence-corrected chi connectivity index (χ0v) is 9.74. The van der Waals surface area contributed by atoms with E-state index in [0.29, 0.717) is 0 Å². The van der Waals surface area contributed by atoms with Gasteiger partial charge < -0.3 is 10.3 Å². The highest BCUT2D eigenvalue weighted by Crippen LogP contribution is 2.39. The minimum atomic E-state index is 0.734. The van der Waals surface area contributed by atoms with Crippen molar-refractivity contribution in [2.45, 2.75) is 32.2 Å². The highest BCUT2D eigenvalue weighted by atomic mass is 15.0. The highest BCUT2D eigenvalue weighted by Gasteiger charge is 2.25. The van der Waals surface area contributed by atoms with E-state index in [4.69, 9.17) is 5.73 Å². The van der Waals surface area contributed by atoms with Crippen molar-refractivity contribution in [3.05, 3.63) is 35.5 Å². The molecule has 1 aromatic heterocycles. The molecule has 1 aliphatic rings. The van der Waals surface area contributed by atoms with E-state index in [9.17, 15) is 0 Å². The van der Waals surface area contributed by atoms with Crippen LogP contribution >= 0.6 is 0 Å². The summed E-state index contributed by atoms with van der Waals surface area (Å²) in [5.41, 5.74) is 9.81. The molecule has 0 aliphatic heterocycles. The van der Waals surface area contributed by atoms with Crippen LogP contribution in [0.15, 0.2) is 24.4 Å². The molecular formula is C14H18N2. The van der Waals surface area contributed by atoms with E-state index in [2.05, 4.69) is 35.9 Å². The lowest BCUT2D eigenvalue weighted by Crippen LogP contribution is -2.02. The van der Waals surface area contributed by atoms with Crippen LogP contribution in [0.4, 0.5) is 0 Å². The molecule has 1 aromatic carbocycles. The van der Waals surface area contributed by atoms with Gasteiger partial charge in [0.2, 0.25) is 0 Å². The Kier molecular flexibility index (Phi) is 2.25. The number of rotatable bonds is 3. The molecule has 3 rings (SSSR count). The minimum Gasteiger partial charge on any atom is -0.344 e. The first kappa shape index (κ1) is 9.91. The Morgan fingerprint density at radius 3 is 2.88 bits per heavy atom. The van der Waals surface area contributed by atoms with Crippen LogP contribution in [0.25, 0.3) is 10.9 Å². The molecular weight excluding hydrogens is 196 g/mol. The summed E-state index contributed by atoms with van der Waals surface area (Å²) in [6.45, 7) is 2.89. The van der Waals surface area contributed by atoms with Gasteiger partial charge in [-0.1, -0.05) is 12.1 Å². The van der Waals surface area contributed by atoms with Crippen LogP contribution in [0.1, 0.15) is 30.0 Å². The van der Waals surface area contributed by atoms with Gasteiger partial charge in [0.15, 0.2) is 0 Å². The summed E-state index contributed by atoms with van der Waals surface area (Å²) < 4.78 is 2.45. The SMILES string of the molecule is Cc1ccc2c(CCN)cn(C3CC3)c2c1. The number of hydrogen-bond acceptors (Lipinski definition) is 1. The molecule has 0 unspecified atom stereocenters. The number of hydrogen-bond donors (Lipinski definition) is 1. The molecule has 0 amide bonds. The summed E-state index contributed by atoms with van der Waals surface area (Å²) >= 11 is 0. The zero-order valence-electron chi connectivity index (χ0n) is 9.74. The summed E-state index contributed by atoms with van der Waals surface area (Å²) in [6.07, 6.45) is 5.97. The van der Waals surface area contributed by atoms with Crippen LogP contribution in [-0.2, 0) is 6.42 Å². The van der Waals surface area contributed by atoms with Crippen LogP contribution in [0.3, 0.4) is 0 Å². The summed E-state index contributed by atoms with van der Waals surface area (Å²) in [7, 11) is 0. The van der Waals surface area contributed by atoms with Crippen molar-refractivity contribution in [1.82, 2.24) is 4.57 Å². The zero-order chi connectivity index (χ0) is 11.1. The second-order valence-electron chi connectivity index (χ2n) is 4.85. The molecule has 1 heterocycles. The first-order valence-electron chi connectivity index (χ1n) is 6.10. The maximum absolute atomic E-state index is 5.67. The van der Waals surface area contributed by atoms with E-state index < -0.39 is 0 Å². The van der Waals surface area contributed by atoms with Gasteiger partial charge in [0, 0.05) is 23.1 Å². The molecule has 0 radical (unpaired) electrons. The second kappa shape index (κ2) is 3.63. The normalized spacial score (nSPS) is 15.9. The predicted octanol–water partition coefficient (Wildman–Crippen LogP) is 2.79. The van der Waals surface area contributed by atoms with Gasteiger partial charge in [-0.15, -0.1) is 0 Å². The van der Waals surface area contributed by atoms with E-state index in [1.54, 1.807) is 0 Å². The maximum atomic E-state index is 5.67. The van der Waals surface area contributed by atoms with Crippen LogP contribution in [-0.4, -0.2) is 11.1 Å². The van der Waals surface area contributed by atoms with Gasteiger partial charge >= 0.3 is 0 Å². The quantitative estimate of drug-likeness (QED) is 0.836. The monoisotopic (exact) mass is 214 g/mol. The smallest absolute Gasteiger partial charge is 0.0488 e. The molecule has 2 heteroatoms. The summed E-state index contributed by atoms with van der Waals surface area (Å²) in [5, 5.41) is 1.39. The van der Waals surface area contributed by atoms with Gasteiger partial charge in [-0.05, 0) is 49.9 Å². The lowest BCUT2D eigenvalue weighted by atomic mass is 10.1. The third kappa shape index (κ3) is 1.54. The Hall–Kier alpha value is -1.28. The minimum absolute atomic E-state index is 0.734. The van der Waals surface area contributed by atoms with Gasteiger partial charge in [-0.25, -0.2) is 0 Å². The van der Waals surface area contributed by atoms with Gasteiger partial charge in [-0.3, -0.25) is 0 Å². The van der Waals surface area contributed by atoms with Gasteiger partial charge in [0.25, 0.3) is 0 Å². The number of nitrogens with zero attached hydrogens (tertiary/aromatic N) is 1. The van der Waals surface area contributed by atoms with E-state index in [1.807, 2.05) is 0 Å². The highest BCUT2D eigenvalue weighted by molar-refractivity contribution is 5.85. The standard InChI is InChI=1S/C14H18N2/c1-10-2-5-13-11(6-7-15)9-16(12-3-4-12)14(13)8-10/h2,5,8-9,12H,3-4,6-7,15H2,1H3. The van der Waals surface area contributed by atoms with Crippen molar-refractivity contribution in [3.8, 4) is 0 Å². The lowest BCUT2D eigenvalue weighted by Gasteiger charge is -2.02. The van der Waals surface area contributed by atoms with Crippen molar-refractivity contribution in [2.24, 2.45) is 5.73 Å². The number of aryl methyl sites for hydroxylation is 1. The van der Waals surface area contributed by atoms with Crippen molar-refractivity contribution >= 4 is 10.9 Å².